The Kier molecular flexibility index (Phi) is 27.4. The molecule has 0 aromatic heterocycles. The van der Waals surface area contributed by atoms with Gasteiger partial charge >= 0.3 is 5.97 Å². The topological polar surface area (TPSA) is 279 Å². The average Bonchev–Trinajstić information content (AvgIpc) is 2.49. The molecule has 86 heavy (non-hydrogen) atoms. The lowest BCUT2D eigenvalue weighted by Gasteiger charge is -2.31. The number of hydrogen-bond acceptors (Lipinski definition) is 16. The third-order valence-electron chi connectivity index (χ3n) is 14.4. The lowest BCUT2D eigenvalue weighted by molar-refractivity contribution is -0.139. The van der Waals surface area contributed by atoms with Gasteiger partial charge in [-0.1, -0.05) is 46.4 Å². The number of halogens is 4. The second-order valence-electron chi connectivity index (χ2n) is 21.3. The molecule has 0 saturated heterocycles. The maximum Gasteiger partial charge on any atom is 0.303 e. The van der Waals surface area contributed by atoms with Gasteiger partial charge in [-0.05, 0) is 145 Å². The maximum absolute atomic E-state index is 13.0. The Hall–Kier alpha value is -4.90. The van der Waals surface area contributed by atoms with Crippen LogP contribution in [0.4, 0.5) is 0 Å². The fourth-order valence-electron chi connectivity index (χ4n) is 9.77. The third-order valence-corrected chi connectivity index (χ3v) is 18.5. The summed E-state index contributed by atoms with van der Waals surface area (Å²) in [5, 5.41) is 19.6. The van der Waals surface area contributed by atoms with Crippen molar-refractivity contribution in [2.45, 2.75) is 97.9 Å². The van der Waals surface area contributed by atoms with Crippen molar-refractivity contribution in [3.8, 4) is 11.5 Å². The zero-order chi connectivity index (χ0) is 62.6. The van der Waals surface area contributed by atoms with Gasteiger partial charge in [0, 0.05) is 82.2 Å². The number of sulfonamides is 2. The number of nitrogens with one attached hydrogen (secondary N) is 5. The lowest BCUT2D eigenvalue weighted by Crippen LogP contribution is -2.47. The third kappa shape index (κ3) is 21.7. The average molecular weight is 1320 g/mol. The van der Waals surface area contributed by atoms with E-state index in [4.69, 9.17) is 79.9 Å². The minimum absolute atomic E-state index is 0.00645. The van der Waals surface area contributed by atoms with Crippen molar-refractivity contribution < 1.29 is 69.5 Å². The highest BCUT2D eigenvalue weighted by molar-refractivity contribution is 7.89. The van der Waals surface area contributed by atoms with Crippen molar-refractivity contribution in [3.63, 3.8) is 0 Å². The van der Waals surface area contributed by atoms with E-state index in [0.717, 1.165) is 22.3 Å². The normalized spacial score (nSPS) is 16.7. The molecule has 0 radical (unpaired) electrons. The second-order valence-corrected chi connectivity index (χ2v) is 26.6. The summed E-state index contributed by atoms with van der Waals surface area (Å²) in [6.07, 6.45) is 0.236. The molecule has 4 atom stereocenters. The fourth-order valence-corrected chi connectivity index (χ4v) is 13.0. The number of aliphatic carboxylic acids is 1. The predicted molar refractivity (Wildman–Crippen MR) is 326 cm³/mol. The summed E-state index contributed by atoms with van der Waals surface area (Å²) in [6.45, 7) is 3.24. The number of carboxylic acid groups (broad SMARTS) is 1. The molecule has 6 N–H and O–H groups in total. The van der Waals surface area contributed by atoms with Crippen molar-refractivity contribution in [2.75, 3.05) is 107 Å². The standard InChI is InChI=1S/C58H77Cl4N7O15S2/c1-58(67-54(72)14-15-55(73)74,18-16-52(70)63-20-24-79-28-30-81-26-22-65-85(75,76)42-10-6-40(7-11-42)83-56-46-32-38(59)34-48(61)44(46)36-50(56)68(2)3)19-17-53(71)64-21-25-80-29-31-82-27-23-66-86(77,78)43-12-8-41(9-13-43)84-57-47-33-39(60)35-49(62)45(47)37-51(57)69(4)5/h6-13,32-35,50-51,56-57,65-66H,14-31,36-37H2,1-5H3,(H,63,70)(H,64,71)(H,67,72)(H,73,74)/t50-,51-,56+,57+/m1/s1. The van der Waals surface area contributed by atoms with Crippen LogP contribution in [0.5, 0.6) is 11.5 Å². The van der Waals surface area contributed by atoms with Crippen LogP contribution in [0.2, 0.25) is 20.1 Å². The quantitative estimate of drug-likeness (QED) is 0.0266. The molecule has 474 valence electrons. The molecule has 22 nitrogen and oxygen atoms in total. The molecule has 4 aromatic rings. The van der Waals surface area contributed by atoms with Crippen LogP contribution in [-0.4, -0.2) is 180 Å². The molecule has 2 aliphatic carbocycles. The number of hydrogen-bond donors (Lipinski definition) is 6. The van der Waals surface area contributed by atoms with Gasteiger partial charge in [-0.2, -0.15) is 0 Å². The van der Waals surface area contributed by atoms with Crippen LogP contribution < -0.4 is 34.9 Å². The number of ether oxygens (including phenoxy) is 6. The smallest absolute Gasteiger partial charge is 0.303 e. The van der Waals surface area contributed by atoms with Crippen molar-refractivity contribution in [1.29, 1.82) is 0 Å². The van der Waals surface area contributed by atoms with Gasteiger partial charge in [0.15, 0.2) is 0 Å². The molecule has 6 rings (SSSR count). The van der Waals surface area contributed by atoms with Crippen LogP contribution >= 0.6 is 46.4 Å². The minimum atomic E-state index is -3.84. The van der Waals surface area contributed by atoms with Crippen molar-refractivity contribution >= 4 is 90.1 Å². The van der Waals surface area contributed by atoms with E-state index in [1.165, 1.54) is 24.3 Å². The molecule has 0 spiro atoms. The molecule has 3 amide bonds. The minimum Gasteiger partial charge on any atom is -0.484 e. The first kappa shape index (κ1) is 70.2. The maximum atomic E-state index is 13.0. The number of likely N-dealkylation sites (N-methyl/N-ethyl adjacent to an activating group) is 2. The molecule has 0 heterocycles. The number of rotatable bonds is 38. The van der Waals surface area contributed by atoms with Gasteiger partial charge in [0.05, 0.1) is 81.2 Å². The van der Waals surface area contributed by atoms with Crippen LogP contribution in [-0.2, 0) is 71.0 Å². The number of carboxylic acids is 1. The summed E-state index contributed by atoms with van der Waals surface area (Å²) in [6, 6.07) is 19.4. The number of nitrogens with zero attached hydrogens (tertiary/aromatic N) is 2. The molecule has 0 unspecified atom stereocenters. The Bertz CT molecular complexity index is 2960. The zero-order valence-corrected chi connectivity index (χ0v) is 53.4. The van der Waals surface area contributed by atoms with E-state index in [9.17, 15) is 36.0 Å². The van der Waals surface area contributed by atoms with E-state index in [2.05, 4.69) is 35.2 Å². The van der Waals surface area contributed by atoms with E-state index in [0.29, 0.717) is 44.4 Å². The summed E-state index contributed by atoms with van der Waals surface area (Å²) >= 11 is 25.6. The van der Waals surface area contributed by atoms with E-state index in [-0.39, 0.29) is 163 Å². The molecule has 0 aliphatic heterocycles. The van der Waals surface area contributed by atoms with Gasteiger partial charge in [0.25, 0.3) is 0 Å². The Balaban J connectivity index is 0.793. The first-order valence-corrected chi connectivity index (χ1v) is 32.5. The number of carbonyl (C=O) groups is 4. The van der Waals surface area contributed by atoms with Crippen LogP contribution in [0.25, 0.3) is 0 Å². The van der Waals surface area contributed by atoms with Gasteiger partial charge in [-0.15, -0.1) is 0 Å². The summed E-state index contributed by atoms with van der Waals surface area (Å²) in [4.78, 5) is 53.7. The molecule has 2 aliphatic rings. The number of carbonyl (C=O) groups excluding carboxylic acids is 3. The fraction of sp³-hybridized carbons (Fsp3) is 0.517. The van der Waals surface area contributed by atoms with Crippen LogP contribution in [0.1, 0.15) is 79.9 Å². The Morgan fingerprint density at radius 3 is 1.27 bits per heavy atom. The van der Waals surface area contributed by atoms with E-state index < -0.39 is 37.5 Å². The summed E-state index contributed by atoms with van der Waals surface area (Å²) in [5.74, 6) is -1.36. The number of amides is 3. The monoisotopic (exact) mass is 1320 g/mol. The highest BCUT2D eigenvalue weighted by Gasteiger charge is 2.39. The molecule has 4 aromatic carbocycles. The predicted octanol–water partition coefficient (Wildman–Crippen LogP) is 6.37. The number of benzene rings is 4. The van der Waals surface area contributed by atoms with Crippen molar-refractivity contribution in [1.82, 2.24) is 35.2 Å². The SMILES string of the molecule is CN(C)[C@@H]1Cc2c(Cl)cc(Cl)cc2[C@@H]1Oc1ccc(S(=O)(=O)NCCOCCOCCNC(=O)CCC(C)(CCC(=O)NCCOCCOCCNS(=O)(=O)c2ccc(O[C@H]3c4cc(Cl)cc(Cl)c4C[C@H]3N(C)C)cc2)NC(=O)CCC(=O)O)cc1. The Morgan fingerprint density at radius 1 is 0.535 bits per heavy atom. The molecule has 0 fully saturated rings. The molecule has 0 saturated carbocycles. The molecular formula is C58H77Cl4N7O15S2. The van der Waals surface area contributed by atoms with Gasteiger partial charge in [-0.3, -0.25) is 19.2 Å². The lowest BCUT2D eigenvalue weighted by atomic mass is 9.89. The highest BCUT2D eigenvalue weighted by atomic mass is 35.5. The van der Waals surface area contributed by atoms with Crippen LogP contribution in [0, 0.1) is 0 Å². The van der Waals surface area contributed by atoms with Gasteiger partial charge < -0.3 is 59.3 Å². The second kappa shape index (κ2) is 33.6. The largest absolute Gasteiger partial charge is 0.484 e. The summed E-state index contributed by atoms with van der Waals surface area (Å²) < 4.78 is 91.9. The molecule has 28 heteroatoms. The first-order chi connectivity index (χ1) is 40.8. The van der Waals surface area contributed by atoms with E-state index in [1.54, 1.807) is 43.3 Å². The first-order valence-electron chi connectivity index (χ1n) is 28.0. The van der Waals surface area contributed by atoms with Crippen LogP contribution in [0.15, 0.2) is 82.6 Å². The molecular weight excluding hydrogens is 1240 g/mol. The number of fused-ring (bicyclic) bond motifs is 2. The van der Waals surface area contributed by atoms with Gasteiger partial charge in [-0.25, -0.2) is 26.3 Å². The van der Waals surface area contributed by atoms with Gasteiger partial charge in [0.1, 0.15) is 23.7 Å². The Morgan fingerprint density at radius 2 is 0.907 bits per heavy atom. The highest BCUT2D eigenvalue weighted by Crippen LogP contribution is 2.44. The van der Waals surface area contributed by atoms with Gasteiger partial charge in [0.2, 0.25) is 37.8 Å². The van der Waals surface area contributed by atoms with E-state index >= 15 is 0 Å². The van der Waals surface area contributed by atoms with E-state index in [1.807, 2.05) is 40.3 Å². The summed E-state index contributed by atoms with van der Waals surface area (Å²) in [7, 11) is 0.139. The molecule has 0 bridgehead atoms. The van der Waals surface area contributed by atoms with Crippen molar-refractivity contribution in [3.05, 3.63) is 115 Å². The summed E-state index contributed by atoms with van der Waals surface area (Å²) in [5.41, 5.74) is 2.70. The van der Waals surface area contributed by atoms with Crippen molar-refractivity contribution in [2.24, 2.45) is 0 Å². The Labute approximate surface area is 523 Å². The van der Waals surface area contributed by atoms with Crippen LogP contribution in [0.3, 0.4) is 0 Å². The zero-order valence-electron chi connectivity index (χ0n) is 48.8.